The molecule has 1 rings (SSSR count). The van der Waals surface area contributed by atoms with Gasteiger partial charge in [0.15, 0.2) is 0 Å². The van der Waals surface area contributed by atoms with Gasteiger partial charge in [-0.1, -0.05) is 23.7 Å². The maximum atomic E-state index is 8.46. The second-order valence-electron chi connectivity index (χ2n) is 2.74. The van der Waals surface area contributed by atoms with Crippen molar-refractivity contribution in [2.75, 3.05) is 5.75 Å². The Bertz CT molecular complexity index is 318. The van der Waals surface area contributed by atoms with E-state index >= 15 is 0 Å². The predicted molar refractivity (Wildman–Crippen MR) is 62.9 cm³/mol. The van der Waals surface area contributed by atoms with Gasteiger partial charge in [-0.15, -0.1) is 11.6 Å². The van der Waals surface area contributed by atoms with Crippen LogP contribution in [0.15, 0.2) is 24.3 Å². The van der Waals surface area contributed by atoms with E-state index < -0.39 is 5.38 Å². The number of rotatable bonds is 4. The average Bonchev–Trinajstić information content (AvgIpc) is 2.21. The van der Waals surface area contributed by atoms with Gasteiger partial charge in [0.2, 0.25) is 0 Å². The van der Waals surface area contributed by atoms with Gasteiger partial charge < -0.3 is 0 Å². The van der Waals surface area contributed by atoms with Crippen molar-refractivity contribution < 1.29 is 0 Å². The van der Waals surface area contributed by atoms with Crippen molar-refractivity contribution in [3.63, 3.8) is 0 Å². The molecule has 0 saturated carbocycles. The molecular formula is C10H9Cl2NS. The van der Waals surface area contributed by atoms with E-state index in [1.54, 1.807) is 11.8 Å². The molecule has 1 aromatic carbocycles. The monoisotopic (exact) mass is 245 g/mol. The molecule has 0 saturated heterocycles. The van der Waals surface area contributed by atoms with Crippen LogP contribution in [0.5, 0.6) is 0 Å². The Morgan fingerprint density at radius 2 is 2.00 bits per heavy atom. The van der Waals surface area contributed by atoms with E-state index in [1.165, 1.54) is 5.56 Å². The fraction of sp³-hybridized carbons (Fsp3) is 0.300. The molecule has 0 N–H and O–H groups in total. The zero-order valence-corrected chi connectivity index (χ0v) is 9.74. The molecule has 74 valence electrons. The Balaban J connectivity index is 2.32. The van der Waals surface area contributed by atoms with Crippen molar-refractivity contribution in [1.29, 1.82) is 5.26 Å². The summed E-state index contributed by atoms with van der Waals surface area (Å²) in [4.78, 5) is 0. The average molecular weight is 246 g/mol. The van der Waals surface area contributed by atoms with Crippen LogP contribution in [0.3, 0.4) is 0 Å². The maximum Gasteiger partial charge on any atom is 0.129 e. The molecule has 0 spiro atoms. The summed E-state index contributed by atoms with van der Waals surface area (Å²) in [6.07, 6.45) is 0. The van der Waals surface area contributed by atoms with Crippen molar-refractivity contribution in [3.05, 3.63) is 34.9 Å². The molecule has 0 bridgehead atoms. The van der Waals surface area contributed by atoms with E-state index in [4.69, 9.17) is 28.5 Å². The van der Waals surface area contributed by atoms with Crippen LogP contribution in [-0.2, 0) is 5.75 Å². The molecular weight excluding hydrogens is 237 g/mol. The molecule has 14 heavy (non-hydrogen) atoms. The molecule has 0 aliphatic carbocycles. The molecule has 4 heteroatoms. The number of hydrogen-bond donors (Lipinski definition) is 0. The number of alkyl halides is 1. The maximum absolute atomic E-state index is 8.46. The minimum atomic E-state index is -0.396. The first-order chi connectivity index (χ1) is 6.72. The zero-order valence-electron chi connectivity index (χ0n) is 7.41. The number of halogens is 2. The number of nitrogens with zero attached hydrogens (tertiary/aromatic N) is 1. The summed E-state index contributed by atoms with van der Waals surface area (Å²) in [5, 5.41) is 8.80. The highest BCUT2D eigenvalue weighted by molar-refractivity contribution is 7.98. The third kappa shape index (κ3) is 4.23. The highest BCUT2D eigenvalue weighted by Gasteiger charge is 2.01. The number of benzene rings is 1. The van der Waals surface area contributed by atoms with Crippen LogP contribution in [-0.4, -0.2) is 11.1 Å². The molecule has 0 aliphatic heterocycles. The highest BCUT2D eigenvalue weighted by Crippen LogP contribution is 2.17. The van der Waals surface area contributed by atoms with Crippen molar-refractivity contribution >= 4 is 35.0 Å². The lowest BCUT2D eigenvalue weighted by molar-refractivity contribution is 1.24. The van der Waals surface area contributed by atoms with Gasteiger partial charge in [0, 0.05) is 16.5 Å². The van der Waals surface area contributed by atoms with Crippen LogP contribution in [0, 0.1) is 11.3 Å². The quantitative estimate of drug-likeness (QED) is 0.756. The lowest BCUT2D eigenvalue weighted by Crippen LogP contribution is -1.97. The Kier molecular flexibility index (Phi) is 5.17. The molecule has 0 radical (unpaired) electrons. The minimum Gasteiger partial charge on any atom is -0.197 e. The van der Waals surface area contributed by atoms with Gasteiger partial charge >= 0.3 is 0 Å². The summed E-state index contributed by atoms with van der Waals surface area (Å²) in [5.74, 6) is 1.52. The lowest BCUT2D eigenvalue weighted by atomic mass is 10.2. The van der Waals surface area contributed by atoms with E-state index in [0.29, 0.717) is 5.75 Å². The summed E-state index contributed by atoms with van der Waals surface area (Å²) in [6.45, 7) is 0. The van der Waals surface area contributed by atoms with Crippen LogP contribution in [0.1, 0.15) is 5.56 Å². The summed E-state index contributed by atoms with van der Waals surface area (Å²) in [5.41, 5.74) is 1.20. The second-order valence-corrected chi connectivity index (χ2v) is 4.73. The largest absolute Gasteiger partial charge is 0.197 e. The van der Waals surface area contributed by atoms with Crippen molar-refractivity contribution in [1.82, 2.24) is 0 Å². The normalized spacial score (nSPS) is 12.1. The van der Waals surface area contributed by atoms with Gasteiger partial charge in [0.25, 0.3) is 0 Å². The first kappa shape index (κ1) is 11.7. The van der Waals surface area contributed by atoms with Crippen molar-refractivity contribution in [3.8, 4) is 6.07 Å². The summed E-state index contributed by atoms with van der Waals surface area (Å²) in [7, 11) is 0. The second kappa shape index (κ2) is 6.19. The fourth-order valence-corrected chi connectivity index (χ4v) is 2.12. The highest BCUT2D eigenvalue weighted by atomic mass is 35.5. The number of nitriles is 1. The fourth-order valence-electron chi connectivity index (χ4n) is 0.898. The Hall–Kier alpha value is -0.360. The molecule has 1 nitrogen and oxygen atoms in total. The Labute approximate surface area is 98.0 Å². The van der Waals surface area contributed by atoms with Crippen LogP contribution in [0.4, 0.5) is 0 Å². The topological polar surface area (TPSA) is 23.8 Å². The minimum absolute atomic E-state index is 0.396. The Morgan fingerprint density at radius 1 is 1.36 bits per heavy atom. The summed E-state index contributed by atoms with van der Waals surface area (Å²) < 4.78 is 0. The van der Waals surface area contributed by atoms with Gasteiger partial charge in [0.05, 0.1) is 6.07 Å². The molecule has 1 unspecified atom stereocenters. The Morgan fingerprint density at radius 3 is 2.57 bits per heavy atom. The van der Waals surface area contributed by atoms with E-state index in [1.807, 2.05) is 30.3 Å². The third-order valence-electron chi connectivity index (χ3n) is 1.59. The number of thioether (sulfide) groups is 1. The molecule has 1 aromatic rings. The van der Waals surface area contributed by atoms with E-state index in [-0.39, 0.29) is 0 Å². The van der Waals surface area contributed by atoms with Gasteiger partial charge in [0.1, 0.15) is 5.38 Å². The van der Waals surface area contributed by atoms with Crippen LogP contribution < -0.4 is 0 Å². The van der Waals surface area contributed by atoms with E-state index in [0.717, 1.165) is 10.8 Å². The van der Waals surface area contributed by atoms with Crippen LogP contribution in [0.2, 0.25) is 5.02 Å². The lowest BCUT2D eigenvalue weighted by Gasteiger charge is -2.01. The third-order valence-corrected chi connectivity index (χ3v) is 3.38. The first-order valence-corrected chi connectivity index (χ1v) is 6.05. The molecule has 0 fully saturated rings. The van der Waals surface area contributed by atoms with Gasteiger partial charge in [-0.25, -0.2) is 0 Å². The summed E-state index contributed by atoms with van der Waals surface area (Å²) >= 11 is 13.0. The van der Waals surface area contributed by atoms with Gasteiger partial charge in [-0.2, -0.15) is 17.0 Å². The van der Waals surface area contributed by atoms with E-state index in [9.17, 15) is 0 Å². The van der Waals surface area contributed by atoms with Gasteiger partial charge in [-0.3, -0.25) is 0 Å². The molecule has 0 aliphatic rings. The smallest absolute Gasteiger partial charge is 0.129 e. The predicted octanol–water partition coefficient (Wildman–Crippen LogP) is 3.70. The summed E-state index contributed by atoms with van der Waals surface area (Å²) in [6, 6.07) is 9.66. The molecule has 0 amide bonds. The standard InChI is InChI=1S/C10H9Cl2NS/c11-9-3-1-8(2-4-9)6-14-7-10(12)5-13/h1-4,10H,6-7H2. The van der Waals surface area contributed by atoms with Gasteiger partial charge in [-0.05, 0) is 17.7 Å². The van der Waals surface area contributed by atoms with Crippen molar-refractivity contribution in [2.45, 2.75) is 11.1 Å². The van der Waals surface area contributed by atoms with Crippen molar-refractivity contribution in [2.24, 2.45) is 0 Å². The number of hydrogen-bond acceptors (Lipinski definition) is 2. The van der Waals surface area contributed by atoms with E-state index in [2.05, 4.69) is 0 Å². The van der Waals surface area contributed by atoms with Crippen LogP contribution >= 0.6 is 35.0 Å². The SMILES string of the molecule is N#CC(Cl)CSCc1ccc(Cl)cc1. The molecule has 0 aromatic heterocycles. The van der Waals surface area contributed by atoms with Crippen LogP contribution in [0.25, 0.3) is 0 Å². The molecule has 0 heterocycles. The zero-order chi connectivity index (χ0) is 10.4. The molecule has 1 atom stereocenters. The first-order valence-electron chi connectivity index (χ1n) is 4.08.